The van der Waals surface area contributed by atoms with Crippen LogP contribution in [-0.2, 0) is 11.2 Å². The molecule has 3 rings (SSSR count). The average Bonchev–Trinajstić information content (AvgIpc) is 2.84. The molecule has 0 bridgehead atoms. The highest BCUT2D eigenvalue weighted by atomic mass is 16.5. The summed E-state index contributed by atoms with van der Waals surface area (Å²) in [6.45, 7) is 9.92. The van der Waals surface area contributed by atoms with Crippen LogP contribution in [-0.4, -0.2) is 22.6 Å². The smallest absolute Gasteiger partial charge is 0.157 e. The first kappa shape index (κ1) is 14.9. The zero-order valence-corrected chi connectivity index (χ0v) is 13.6. The van der Waals surface area contributed by atoms with Crippen molar-refractivity contribution >= 4 is 0 Å². The van der Waals surface area contributed by atoms with Gasteiger partial charge in [0.15, 0.2) is 5.82 Å². The number of fused-ring (bicyclic) bond motifs is 1. The van der Waals surface area contributed by atoms with Crippen molar-refractivity contribution in [2.45, 2.75) is 71.6 Å². The molecule has 21 heavy (non-hydrogen) atoms. The van der Waals surface area contributed by atoms with Crippen LogP contribution < -0.4 is 5.32 Å². The number of aromatic nitrogens is 2. The van der Waals surface area contributed by atoms with Crippen LogP contribution in [0.15, 0.2) is 6.20 Å². The zero-order valence-electron chi connectivity index (χ0n) is 13.6. The van der Waals surface area contributed by atoms with E-state index in [0.717, 1.165) is 38.1 Å². The minimum Gasteiger partial charge on any atom is -0.367 e. The molecular formula is C17H27N3O. The highest BCUT2D eigenvalue weighted by Gasteiger charge is 2.34. The standard InChI is InChI=1S/C17H27N3O/c1-5-18-13-8-17(3,4)9-14-12(13)10-19-16(20-14)15-7-6-11(2)21-15/h10-11,13,15,18H,5-9H2,1-4H3. The van der Waals surface area contributed by atoms with Crippen molar-refractivity contribution in [1.82, 2.24) is 15.3 Å². The van der Waals surface area contributed by atoms with Crippen molar-refractivity contribution < 1.29 is 4.74 Å². The lowest BCUT2D eigenvalue weighted by Crippen LogP contribution is -2.34. The number of hydrogen-bond donors (Lipinski definition) is 1. The Kier molecular flexibility index (Phi) is 4.02. The Bertz CT molecular complexity index is 515. The fourth-order valence-electron chi connectivity index (χ4n) is 3.64. The van der Waals surface area contributed by atoms with Gasteiger partial charge in [0.25, 0.3) is 0 Å². The number of rotatable bonds is 3. The first-order valence-corrected chi connectivity index (χ1v) is 8.23. The Morgan fingerprint density at radius 2 is 2.19 bits per heavy atom. The van der Waals surface area contributed by atoms with Gasteiger partial charge in [-0.2, -0.15) is 0 Å². The molecule has 1 aromatic rings. The van der Waals surface area contributed by atoms with Gasteiger partial charge in [0.1, 0.15) is 6.10 Å². The Morgan fingerprint density at radius 1 is 1.38 bits per heavy atom. The minimum atomic E-state index is 0.0907. The van der Waals surface area contributed by atoms with Crippen molar-refractivity contribution in [3.63, 3.8) is 0 Å². The predicted molar refractivity (Wildman–Crippen MR) is 83.1 cm³/mol. The summed E-state index contributed by atoms with van der Waals surface area (Å²) in [5.41, 5.74) is 2.78. The summed E-state index contributed by atoms with van der Waals surface area (Å²) < 4.78 is 5.92. The van der Waals surface area contributed by atoms with Crippen LogP contribution in [0.2, 0.25) is 0 Å². The third-order valence-electron chi connectivity index (χ3n) is 4.67. The summed E-state index contributed by atoms with van der Waals surface area (Å²) in [4.78, 5) is 9.49. The Morgan fingerprint density at radius 3 is 2.86 bits per heavy atom. The maximum absolute atomic E-state index is 5.92. The quantitative estimate of drug-likeness (QED) is 0.927. The van der Waals surface area contributed by atoms with Gasteiger partial charge < -0.3 is 10.1 Å². The third kappa shape index (κ3) is 3.11. The van der Waals surface area contributed by atoms with E-state index in [4.69, 9.17) is 9.72 Å². The van der Waals surface area contributed by atoms with Gasteiger partial charge in [0.05, 0.1) is 6.10 Å². The van der Waals surface area contributed by atoms with E-state index in [0.29, 0.717) is 12.1 Å². The molecule has 4 heteroatoms. The molecule has 1 fully saturated rings. The van der Waals surface area contributed by atoms with Crippen molar-refractivity contribution in [2.75, 3.05) is 6.54 Å². The second-order valence-electron chi connectivity index (χ2n) is 7.30. The highest BCUT2D eigenvalue weighted by molar-refractivity contribution is 5.27. The molecular weight excluding hydrogens is 262 g/mol. The molecule has 1 N–H and O–H groups in total. The first-order chi connectivity index (χ1) is 9.98. The molecule has 1 aliphatic heterocycles. The molecule has 1 saturated heterocycles. The molecule has 116 valence electrons. The van der Waals surface area contributed by atoms with Gasteiger partial charge >= 0.3 is 0 Å². The van der Waals surface area contributed by atoms with Crippen molar-refractivity contribution in [1.29, 1.82) is 0 Å². The van der Waals surface area contributed by atoms with E-state index < -0.39 is 0 Å². The van der Waals surface area contributed by atoms with Crippen molar-refractivity contribution in [3.05, 3.63) is 23.3 Å². The normalized spacial score (nSPS) is 31.1. The summed E-state index contributed by atoms with van der Waals surface area (Å²) in [7, 11) is 0. The molecule has 0 aromatic carbocycles. The van der Waals surface area contributed by atoms with Crippen LogP contribution in [0.3, 0.4) is 0 Å². The summed E-state index contributed by atoms with van der Waals surface area (Å²) in [5, 5.41) is 3.58. The molecule has 1 aliphatic carbocycles. The SMILES string of the molecule is CCNC1CC(C)(C)Cc2nc(C3CCC(C)O3)ncc21. The maximum atomic E-state index is 5.92. The van der Waals surface area contributed by atoms with Gasteiger partial charge in [-0.1, -0.05) is 20.8 Å². The molecule has 1 aromatic heterocycles. The largest absolute Gasteiger partial charge is 0.367 e. The molecule has 4 nitrogen and oxygen atoms in total. The third-order valence-corrected chi connectivity index (χ3v) is 4.67. The fourth-order valence-corrected chi connectivity index (χ4v) is 3.64. The van der Waals surface area contributed by atoms with Crippen LogP contribution in [0.25, 0.3) is 0 Å². The molecule has 0 saturated carbocycles. The fraction of sp³-hybridized carbons (Fsp3) is 0.765. The molecule has 2 heterocycles. The molecule has 0 amide bonds. The molecule has 2 aliphatic rings. The number of nitrogens with zero attached hydrogens (tertiary/aromatic N) is 2. The van der Waals surface area contributed by atoms with Crippen molar-refractivity contribution in [2.24, 2.45) is 5.41 Å². The van der Waals surface area contributed by atoms with Crippen LogP contribution >= 0.6 is 0 Å². The second kappa shape index (κ2) is 5.65. The maximum Gasteiger partial charge on any atom is 0.157 e. The molecule has 0 spiro atoms. The Balaban J connectivity index is 1.90. The monoisotopic (exact) mass is 289 g/mol. The van der Waals surface area contributed by atoms with E-state index in [9.17, 15) is 0 Å². The van der Waals surface area contributed by atoms with Crippen LogP contribution in [0, 0.1) is 5.41 Å². The number of ether oxygens (including phenoxy) is 1. The minimum absolute atomic E-state index is 0.0907. The summed E-state index contributed by atoms with van der Waals surface area (Å²) in [5.74, 6) is 0.881. The van der Waals surface area contributed by atoms with Gasteiger partial charge in [-0.3, -0.25) is 0 Å². The van der Waals surface area contributed by atoms with Gasteiger partial charge in [-0.25, -0.2) is 9.97 Å². The molecule has 3 atom stereocenters. The topological polar surface area (TPSA) is 47.0 Å². The van der Waals surface area contributed by atoms with E-state index >= 15 is 0 Å². The van der Waals surface area contributed by atoms with E-state index in [1.807, 2.05) is 6.20 Å². The van der Waals surface area contributed by atoms with E-state index in [2.05, 4.69) is 38.0 Å². The first-order valence-electron chi connectivity index (χ1n) is 8.23. The number of hydrogen-bond acceptors (Lipinski definition) is 4. The van der Waals surface area contributed by atoms with Gasteiger partial charge in [0, 0.05) is 23.5 Å². The van der Waals surface area contributed by atoms with Gasteiger partial charge in [0.2, 0.25) is 0 Å². The second-order valence-corrected chi connectivity index (χ2v) is 7.30. The van der Waals surface area contributed by atoms with Crippen molar-refractivity contribution in [3.8, 4) is 0 Å². The van der Waals surface area contributed by atoms with E-state index in [1.54, 1.807) is 0 Å². The van der Waals surface area contributed by atoms with Crippen LogP contribution in [0.1, 0.15) is 76.2 Å². The van der Waals surface area contributed by atoms with E-state index in [-0.39, 0.29) is 11.5 Å². The zero-order chi connectivity index (χ0) is 15.0. The Labute approximate surface area is 127 Å². The summed E-state index contributed by atoms with van der Waals surface area (Å²) in [6, 6.07) is 0.381. The lowest BCUT2D eigenvalue weighted by molar-refractivity contribution is 0.0499. The highest BCUT2D eigenvalue weighted by Crippen LogP contribution is 2.40. The lowest BCUT2D eigenvalue weighted by atomic mass is 9.74. The molecule has 3 unspecified atom stereocenters. The summed E-state index contributed by atoms with van der Waals surface area (Å²) in [6.07, 6.45) is 6.78. The molecule has 0 radical (unpaired) electrons. The average molecular weight is 289 g/mol. The lowest BCUT2D eigenvalue weighted by Gasteiger charge is -2.36. The van der Waals surface area contributed by atoms with Gasteiger partial charge in [-0.05, 0) is 44.6 Å². The number of nitrogens with one attached hydrogen (secondary N) is 1. The Hall–Kier alpha value is -1.00. The van der Waals surface area contributed by atoms with E-state index in [1.165, 1.54) is 11.3 Å². The predicted octanol–water partition coefficient (Wildman–Crippen LogP) is 3.34. The summed E-state index contributed by atoms with van der Waals surface area (Å²) >= 11 is 0. The van der Waals surface area contributed by atoms with Gasteiger partial charge in [-0.15, -0.1) is 0 Å². The van der Waals surface area contributed by atoms with Crippen LogP contribution in [0.5, 0.6) is 0 Å². The van der Waals surface area contributed by atoms with Crippen LogP contribution in [0.4, 0.5) is 0 Å².